The number of rotatable bonds is 5. The van der Waals surface area contributed by atoms with E-state index in [0.29, 0.717) is 22.2 Å². The van der Waals surface area contributed by atoms with Gasteiger partial charge in [0, 0.05) is 18.7 Å². The average molecular weight is 401 g/mol. The number of amides is 2. The van der Waals surface area contributed by atoms with Gasteiger partial charge in [0.1, 0.15) is 4.88 Å². The molecule has 1 aromatic carbocycles. The quantitative estimate of drug-likeness (QED) is 0.777. The minimum Gasteiger partial charge on any atom is -0.462 e. The predicted octanol–water partition coefficient (Wildman–Crippen LogP) is 3.24. The fraction of sp³-hybridized carbons (Fsp3) is 0.400. The first-order valence-electron chi connectivity index (χ1n) is 9.13. The van der Waals surface area contributed by atoms with E-state index in [-0.39, 0.29) is 24.8 Å². The SMILES string of the molecule is CCOC(=O)c1sc(NC(=O)[C@@H]2CC(=O)N(c3cccc(C)c3C)C2)nc1C. The van der Waals surface area contributed by atoms with Crippen LogP contribution in [-0.4, -0.2) is 35.9 Å². The molecule has 0 bridgehead atoms. The Kier molecular flexibility index (Phi) is 5.79. The van der Waals surface area contributed by atoms with Crippen molar-refractivity contribution >= 4 is 39.9 Å². The number of carbonyl (C=O) groups is 3. The molecule has 148 valence electrons. The lowest BCUT2D eigenvalue weighted by Crippen LogP contribution is -2.28. The Hall–Kier alpha value is -2.74. The number of carbonyl (C=O) groups excluding carboxylic acids is 3. The van der Waals surface area contributed by atoms with Crippen LogP contribution >= 0.6 is 11.3 Å². The van der Waals surface area contributed by atoms with Gasteiger partial charge in [0.25, 0.3) is 0 Å². The summed E-state index contributed by atoms with van der Waals surface area (Å²) >= 11 is 1.08. The molecule has 8 heteroatoms. The number of nitrogens with zero attached hydrogens (tertiary/aromatic N) is 2. The van der Waals surface area contributed by atoms with E-state index >= 15 is 0 Å². The molecule has 1 aliphatic heterocycles. The summed E-state index contributed by atoms with van der Waals surface area (Å²) in [5, 5.41) is 3.08. The van der Waals surface area contributed by atoms with Crippen LogP contribution in [-0.2, 0) is 14.3 Å². The monoisotopic (exact) mass is 401 g/mol. The molecule has 1 fully saturated rings. The standard InChI is InChI=1S/C20H23N3O4S/c1-5-27-19(26)17-13(4)21-20(28-17)22-18(25)14-9-16(24)23(10-14)15-8-6-7-11(2)12(15)3/h6-8,14H,5,9-10H2,1-4H3,(H,21,22,25)/t14-/m1/s1. The number of aromatic nitrogens is 1. The van der Waals surface area contributed by atoms with Crippen LogP contribution in [0.15, 0.2) is 18.2 Å². The highest BCUT2D eigenvalue weighted by atomic mass is 32.1. The van der Waals surface area contributed by atoms with E-state index in [1.165, 1.54) is 0 Å². The van der Waals surface area contributed by atoms with Crippen LogP contribution in [0.2, 0.25) is 0 Å². The van der Waals surface area contributed by atoms with Gasteiger partial charge in [-0.3, -0.25) is 9.59 Å². The number of aryl methyl sites for hydroxylation is 2. The summed E-state index contributed by atoms with van der Waals surface area (Å²) in [5.74, 6) is -1.26. The second-order valence-electron chi connectivity index (χ2n) is 6.77. The van der Waals surface area contributed by atoms with Gasteiger partial charge in [0.15, 0.2) is 5.13 Å². The molecule has 0 aliphatic carbocycles. The van der Waals surface area contributed by atoms with Crippen LogP contribution in [0, 0.1) is 26.7 Å². The van der Waals surface area contributed by atoms with E-state index in [0.717, 1.165) is 28.2 Å². The first-order chi connectivity index (χ1) is 13.3. The zero-order valence-corrected chi connectivity index (χ0v) is 17.2. The fourth-order valence-corrected chi connectivity index (χ4v) is 4.05. The van der Waals surface area contributed by atoms with E-state index in [1.54, 1.807) is 18.7 Å². The van der Waals surface area contributed by atoms with Crippen molar-refractivity contribution in [3.8, 4) is 0 Å². The molecule has 3 rings (SSSR count). The fourth-order valence-electron chi connectivity index (χ4n) is 3.19. The summed E-state index contributed by atoms with van der Waals surface area (Å²) < 4.78 is 4.99. The third-order valence-electron chi connectivity index (χ3n) is 4.85. The van der Waals surface area contributed by atoms with E-state index < -0.39 is 11.9 Å². The summed E-state index contributed by atoms with van der Waals surface area (Å²) in [6, 6.07) is 5.80. The Morgan fingerprint density at radius 1 is 1.32 bits per heavy atom. The molecule has 1 aliphatic rings. The van der Waals surface area contributed by atoms with E-state index in [4.69, 9.17) is 4.74 Å². The summed E-state index contributed by atoms with van der Waals surface area (Å²) in [4.78, 5) is 43.3. The molecule has 1 aromatic heterocycles. The van der Waals surface area contributed by atoms with Gasteiger partial charge in [-0.1, -0.05) is 23.5 Å². The topological polar surface area (TPSA) is 88.6 Å². The van der Waals surface area contributed by atoms with Gasteiger partial charge < -0.3 is 15.0 Å². The van der Waals surface area contributed by atoms with Crippen molar-refractivity contribution in [2.45, 2.75) is 34.1 Å². The smallest absolute Gasteiger partial charge is 0.350 e. The van der Waals surface area contributed by atoms with Crippen molar-refractivity contribution in [1.82, 2.24) is 4.98 Å². The molecular weight excluding hydrogens is 378 g/mol. The zero-order valence-electron chi connectivity index (χ0n) is 16.4. The van der Waals surface area contributed by atoms with Crippen LogP contribution in [0.25, 0.3) is 0 Å². The minimum atomic E-state index is -0.470. The highest BCUT2D eigenvalue weighted by Gasteiger charge is 2.36. The van der Waals surface area contributed by atoms with Crippen molar-refractivity contribution in [1.29, 1.82) is 0 Å². The molecule has 2 amide bonds. The normalized spacial score (nSPS) is 16.4. The van der Waals surface area contributed by atoms with Crippen LogP contribution in [0.3, 0.4) is 0 Å². The highest BCUT2D eigenvalue weighted by Crippen LogP contribution is 2.30. The lowest BCUT2D eigenvalue weighted by Gasteiger charge is -2.20. The molecule has 0 radical (unpaired) electrons. The number of hydrogen-bond acceptors (Lipinski definition) is 6. The first kappa shape index (κ1) is 20.0. The Morgan fingerprint density at radius 2 is 2.07 bits per heavy atom. The van der Waals surface area contributed by atoms with Gasteiger partial charge in [-0.2, -0.15) is 0 Å². The maximum Gasteiger partial charge on any atom is 0.350 e. The molecule has 28 heavy (non-hydrogen) atoms. The maximum atomic E-state index is 12.7. The minimum absolute atomic E-state index is 0.0728. The zero-order chi connectivity index (χ0) is 20.4. The largest absolute Gasteiger partial charge is 0.462 e. The van der Waals surface area contributed by atoms with E-state index in [9.17, 15) is 14.4 Å². The number of anilines is 2. The molecule has 1 N–H and O–H groups in total. The number of ether oxygens (including phenoxy) is 1. The van der Waals surface area contributed by atoms with Crippen LogP contribution < -0.4 is 10.2 Å². The summed E-state index contributed by atoms with van der Waals surface area (Å²) in [7, 11) is 0. The Morgan fingerprint density at radius 3 is 2.79 bits per heavy atom. The maximum absolute atomic E-state index is 12.7. The molecule has 1 saturated heterocycles. The van der Waals surface area contributed by atoms with Gasteiger partial charge in [0.2, 0.25) is 11.8 Å². The second kappa shape index (κ2) is 8.10. The highest BCUT2D eigenvalue weighted by molar-refractivity contribution is 7.17. The molecule has 0 spiro atoms. The summed E-state index contributed by atoms with van der Waals surface area (Å²) in [6.45, 7) is 7.99. The molecule has 0 unspecified atom stereocenters. The Bertz CT molecular complexity index is 938. The Balaban J connectivity index is 1.71. The molecular formula is C20H23N3O4S. The number of thiazole rings is 1. The van der Waals surface area contributed by atoms with Gasteiger partial charge in [0.05, 0.1) is 18.2 Å². The second-order valence-corrected chi connectivity index (χ2v) is 7.77. The number of benzene rings is 1. The van der Waals surface area contributed by atoms with Crippen molar-refractivity contribution in [2.24, 2.45) is 5.92 Å². The van der Waals surface area contributed by atoms with Crippen LogP contribution in [0.5, 0.6) is 0 Å². The number of nitrogens with one attached hydrogen (secondary N) is 1. The van der Waals surface area contributed by atoms with Crippen molar-refractivity contribution < 1.29 is 19.1 Å². The number of esters is 1. The molecule has 7 nitrogen and oxygen atoms in total. The molecule has 1 atom stereocenters. The Labute approximate surface area is 167 Å². The van der Waals surface area contributed by atoms with E-state index in [1.807, 2.05) is 32.0 Å². The van der Waals surface area contributed by atoms with Crippen LogP contribution in [0.1, 0.15) is 39.8 Å². The van der Waals surface area contributed by atoms with Crippen molar-refractivity contribution in [3.63, 3.8) is 0 Å². The summed E-state index contributed by atoms with van der Waals surface area (Å²) in [6.07, 6.45) is 0.147. The molecule has 0 saturated carbocycles. The van der Waals surface area contributed by atoms with Gasteiger partial charge in [-0.25, -0.2) is 9.78 Å². The lowest BCUT2D eigenvalue weighted by atomic mass is 10.1. The van der Waals surface area contributed by atoms with Gasteiger partial charge in [-0.05, 0) is 44.9 Å². The van der Waals surface area contributed by atoms with Gasteiger partial charge >= 0.3 is 5.97 Å². The summed E-state index contributed by atoms with van der Waals surface area (Å²) in [5.41, 5.74) is 3.49. The van der Waals surface area contributed by atoms with Crippen molar-refractivity contribution in [3.05, 3.63) is 39.9 Å². The molecule has 2 heterocycles. The molecule has 2 aromatic rings. The predicted molar refractivity (Wildman–Crippen MR) is 108 cm³/mol. The van der Waals surface area contributed by atoms with E-state index in [2.05, 4.69) is 10.3 Å². The van der Waals surface area contributed by atoms with Gasteiger partial charge in [-0.15, -0.1) is 0 Å². The first-order valence-corrected chi connectivity index (χ1v) is 9.95. The average Bonchev–Trinajstić information content (AvgIpc) is 3.20. The third-order valence-corrected chi connectivity index (χ3v) is 5.90. The van der Waals surface area contributed by atoms with Crippen LogP contribution in [0.4, 0.5) is 10.8 Å². The number of hydrogen-bond donors (Lipinski definition) is 1. The lowest BCUT2D eigenvalue weighted by molar-refractivity contribution is -0.122. The third kappa shape index (κ3) is 3.91. The van der Waals surface area contributed by atoms with Crippen molar-refractivity contribution in [2.75, 3.05) is 23.4 Å².